The minimum Gasteiger partial charge on any atom is -0.462 e. The van der Waals surface area contributed by atoms with E-state index >= 15 is 0 Å². The van der Waals surface area contributed by atoms with Gasteiger partial charge in [-0.2, -0.15) is 0 Å². The molecule has 2 heterocycles. The third-order valence-corrected chi connectivity index (χ3v) is 5.09. The van der Waals surface area contributed by atoms with Gasteiger partial charge in [0.15, 0.2) is 0 Å². The number of thiophene rings is 2. The van der Waals surface area contributed by atoms with Crippen LogP contribution in [0.5, 0.6) is 0 Å². The highest BCUT2D eigenvalue weighted by molar-refractivity contribution is 7.16. The van der Waals surface area contributed by atoms with Gasteiger partial charge in [-0.25, -0.2) is 4.79 Å². The number of hydrogen-bond acceptors (Lipinski definition) is 5. The molecule has 0 saturated heterocycles. The molecule has 2 aromatic rings. The van der Waals surface area contributed by atoms with Crippen LogP contribution in [0.4, 0.5) is 5.00 Å². The molecule has 0 saturated carbocycles. The molecule has 0 aliphatic rings. The van der Waals surface area contributed by atoms with Crippen molar-refractivity contribution in [3.63, 3.8) is 0 Å². The van der Waals surface area contributed by atoms with E-state index in [1.54, 1.807) is 24.3 Å². The van der Waals surface area contributed by atoms with Gasteiger partial charge in [0.05, 0.1) is 17.7 Å². The van der Waals surface area contributed by atoms with Gasteiger partial charge >= 0.3 is 5.97 Å². The molecule has 6 heteroatoms. The fourth-order valence-electron chi connectivity index (χ4n) is 1.88. The number of ether oxygens (including phenoxy) is 1. The second-order valence-electron chi connectivity index (χ2n) is 4.61. The number of esters is 1. The molecule has 0 aliphatic carbocycles. The van der Waals surface area contributed by atoms with Crippen LogP contribution in [0.3, 0.4) is 0 Å². The van der Waals surface area contributed by atoms with Crippen LogP contribution in [0.15, 0.2) is 11.4 Å². The van der Waals surface area contributed by atoms with Crippen LogP contribution in [0.25, 0.3) is 0 Å². The Labute approximate surface area is 131 Å². The van der Waals surface area contributed by atoms with E-state index in [4.69, 9.17) is 4.74 Å². The lowest BCUT2D eigenvalue weighted by Gasteiger charge is -2.06. The monoisotopic (exact) mass is 323 g/mol. The fourth-order valence-corrected chi connectivity index (χ4v) is 3.64. The average Bonchev–Trinajstić information content (AvgIpc) is 2.94. The van der Waals surface area contributed by atoms with Gasteiger partial charge < -0.3 is 10.1 Å². The molecule has 0 bridgehead atoms. The van der Waals surface area contributed by atoms with Crippen LogP contribution in [0, 0.1) is 20.8 Å². The number of amides is 1. The smallest absolute Gasteiger partial charge is 0.341 e. The van der Waals surface area contributed by atoms with Crippen molar-refractivity contribution in [2.75, 3.05) is 11.9 Å². The van der Waals surface area contributed by atoms with Gasteiger partial charge in [0.2, 0.25) is 0 Å². The van der Waals surface area contributed by atoms with E-state index in [0.29, 0.717) is 22.7 Å². The van der Waals surface area contributed by atoms with Crippen LogP contribution in [-0.4, -0.2) is 18.5 Å². The van der Waals surface area contributed by atoms with Crippen molar-refractivity contribution in [2.24, 2.45) is 0 Å². The summed E-state index contributed by atoms with van der Waals surface area (Å²) in [6.45, 7) is 7.86. The summed E-state index contributed by atoms with van der Waals surface area (Å²) in [5, 5.41) is 5.21. The molecule has 0 aliphatic heterocycles. The topological polar surface area (TPSA) is 55.4 Å². The average molecular weight is 323 g/mol. The molecule has 2 rings (SSSR count). The quantitative estimate of drug-likeness (QED) is 0.859. The maximum atomic E-state index is 12.3. The van der Waals surface area contributed by atoms with Gasteiger partial charge in [-0.15, -0.1) is 22.7 Å². The van der Waals surface area contributed by atoms with Crippen molar-refractivity contribution in [1.82, 2.24) is 0 Å². The summed E-state index contributed by atoms with van der Waals surface area (Å²) in [5.74, 6) is -0.598. The summed E-state index contributed by atoms with van der Waals surface area (Å²) < 4.78 is 5.02. The highest BCUT2D eigenvalue weighted by Crippen LogP contribution is 2.30. The third kappa shape index (κ3) is 3.33. The first kappa shape index (κ1) is 15.7. The Kier molecular flexibility index (Phi) is 4.80. The van der Waals surface area contributed by atoms with E-state index in [1.165, 1.54) is 11.3 Å². The molecule has 0 radical (unpaired) electrons. The Morgan fingerprint density at radius 3 is 2.52 bits per heavy atom. The van der Waals surface area contributed by atoms with Crippen molar-refractivity contribution in [3.8, 4) is 0 Å². The first-order valence-corrected chi connectivity index (χ1v) is 8.27. The maximum absolute atomic E-state index is 12.3. The largest absolute Gasteiger partial charge is 0.462 e. The van der Waals surface area contributed by atoms with Gasteiger partial charge in [-0.05, 0) is 39.3 Å². The zero-order valence-electron chi connectivity index (χ0n) is 12.4. The molecule has 112 valence electrons. The highest BCUT2D eigenvalue weighted by Gasteiger charge is 2.20. The molecule has 1 N–H and O–H groups in total. The Hall–Kier alpha value is -1.66. The lowest BCUT2D eigenvalue weighted by molar-refractivity contribution is 0.0528. The summed E-state index contributed by atoms with van der Waals surface area (Å²) in [4.78, 5) is 26.3. The minimum atomic E-state index is -0.407. The molecule has 1 amide bonds. The number of hydrogen-bond donors (Lipinski definition) is 1. The second kappa shape index (κ2) is 6.41. The Morgan fingerprint density at radius 2 is 1.95 bits per heavy atom. The second-order valence-corrected chi connectivity index (χ2v) is 6.95. The predicted molar refractivity (Wildman–Crippen MR) is 86.8 cm³/mol. The highest BCUT2D eigenvalue weighted by atomic mass is 32.1. The number of nitrogens with one attached hydrogen (secondary N) is 1. The van der Waals surface area contributed by atoms with Crippen molar-refractivity contribution in [2.45, 2.75) is 27.7 Å². The van der Waals surface area contributed by atoms with E-state index in [0.717, 1.165) is 15.3 Å². The first-order chi connectivity index (χ1) is 9.93. The van der Waals surface area contributed by atoms with E-state index in [1.807, 2.05) is 26.2 Å². The standard InChI is InChI=1S/C15H17NO3S2/c1-5-19-15(18)11-6-8(2)21-14(11)16-13(17)12-7-20-10(4)9(12)3/h6-7H,5H2,1-4H3,(H,16,17). The zero-order chi connectivity index (χ0) is 15.6. The normalized spacial score (nSPS) is 10.5. The molecular weight excluding hydrogens is 306 g/mol. The predicted octanol–water partition coefficient (Wildman–Crippen LogP) is 4.16. The van der Waals surface area contributed by atoms with Gasteiger partial charge in [0.25, 0.3) is 5.91 Å². The zero-order valence-corrected chi connectivity index (χ0v) is 14.0. The van der Waals surface area contributed by atoms with Crippen molar-refractivity contribution < 1.29 is 14.3 Å². The van der Waals surface area contributed by atoms with Crippen LogP contribution in [-0.2, 0) is 4.74 Å². The molecule has 4 nitrogen and oxygen atoms in total. The molecule has 0 spiro atoms. The van der Waals surface area contributed by atoms with Gasteiger partial charge in [-0.3, -0.25) is 4.79 Å². The SMILES string of the molecule is CCOC(=O)c1cc(C)sc1NC(=O)c1csc(C)c1C. The molecule has 0 fully saturated rings. The number of rotatable bonds is 4. The molecular formula is C15H17NO3S2. The summed E-state index contributed by atoms with van der Waals surface area (Å²) in [7, 11) is 0. The third-order valence-electron chi connectivity index (χ3n) is 3.11. The van der Waals surface area contributed by atoms with Crippen LogP contribution < -0.4 is 5.32 Å². The molecule has 0 aromatic carbocycles. The number of anilines is 1. The number of aryl methyl sites for hydroxylation is 2. The lowest BCUT2D eigenvalue weighted by Crippen LogP contribution is -2.14. The Bertz CT molecular complexity index is 685. The van der Waals surface area contributed by atoms with Crippen molar-refractivity contribution >= 4 is 39.6 Å². The summed E-state index contributed by atoms with van der Waals surface area (Å²) in [6, 6.07) is 1.74. The molecule has 21 heavy (non-hydrogen) atoms. The number of carbonyl (C=O) groups excluding carboxylic acids is 2. The maximum Gasteiger partial charge on any atom is 0.341 e. The Balaban J connectivity index is 2.25. The van der Waals surface area contributed by atoms with E-state index in [2.05, 4.69) is 5.32 Å². The van der Waals surface area contributed by atoms with Gasteiger partial charge in [-0.1, -0.05) is 0 Å². The van der Waals surface area contributed by atoms with E-state index in [9.17, 15) is 9.59 Å². The summed E-state index contributed by atoms with van der Waals surface area (Å²) >= 11 is 2.92. The van der Waals surface area contributed by atoms with Gasteiger partial charge in [0.1, 0.15) is 5.00 Å². The summed E-state index contributed by atoms with van der Waals surface area (Å²) in [6.07, 6.45) is 0. The summed E-state index contributed by atoms with van der Waals surface area (Å²) in [5.41, 5.74) is 2.04. The Morgan fingerprint density at radius 1 is 1.24 bits per heavy atom. The number of carbonyl (C=O) groups is 2. The van der Waals surface area contributed by atoms with Crippen molar-refractivity contribution in [3.05, 3.63) is 37.9 Å². The molecule has 0 atom stereocenters. The van der Waals surface area contributed by atoms with E-state index in [-0.39, 0.29) is 5.91 Å². The van der Waals surface area contributed by atoms with Gasteiger partial charge in [0, 0.05) is 15.1 Å². The van der Waals surface area contributed by atoms with Crippen LogP contribution >= 0.6 is 22.7 Å². The fraction of sp³-hybridized carbons (Fsp3) is 0.333. The lowest BCUT2D eigenvalue weighted by atomic mass is 10.1. The first-order valence-electron chi connectivity index (χ1n) is 6.57. The molecule has 2 aromatic heterocycles. The van der Waals surface area contributed by atoms with Crippen LogP contribution in [0.1, 0.15) is 43.0 Å². The minimum absolute atomic E-state index is 0.191. The van der Waals surface area contributed by atoms with E-state index < -0.39 is 5.97 Å². The van der Waals surface area contributed by atoms with Crippen molar-refractivity contribution in [1.29, 1.82) is 0 Å². The molecule has 0 unspecified atom stereocenters. The van der Waals surface area contributed by atoms with Crippen LogP contribution in [0.2, 0.25) is 0 Å².